The number of nitrogens with zero attached hydrogens (tertiary/aromatic N) is 7. The molecule has 0 spiro atoms. The third-order valence-corrected chi connectivity index (χ3v) is 5.04. The number of benzene rings is 1. The van der Waals surface area contributed by atoms with Crippen molar-refractivity contribution in [2.45, 2.75) is 16.8 Å². The van der Waals surface area contributed by atoms with Crippen molar-refractivity contribution < 1.29 is 4.79 Å². The van der Waals surface area contributed by atoms with E-state index >= 15 is 0 Å². The summed E-state index contributed by atoms with van der Waals surface area (Å²) in [5.41, 5.74) is 1.70. The predicted molar refractivity (Wildman–Crippen MR) is 89.0 cm³/mol. The van der Waals surface area contributed by atoms with Crippen LogP contribution < -0.4 is 4.90 Å². The van der Waals surface area contributed by atoms with Crippen LogP contribution in [0.25, 0.3) is 5.69 Å². The lowest BCUT2D eigenvalue weighted by Gasteiger charge is -2.13. The number of carbonyl (C=O) groups excluding carboxylic acids is 1. The fourth-order valence-electron chi connectivity index (χ4n) is 2.68. The van der Waals surface area contributed by atoms with E-state index in [1.165, 1.54) is 11.8 Å². The summed E-state index contributed by atoms with van der Waals surface area (Å²) in [4.78, 5) is 14.4. The molecule has 24 heavy (non-hydrogen) atoms. The van der Waals surface area contributed by atoms with Gasteiger partial charge in [-0.25, -0.2) is 0 Å². The molecule has 3 heterocycles. The summed E-state index contributed by atoms with van der Waals surface area (Å²) < 4.78 is 3.35. The number of thioether (sulfide) groups is 1. The summed E-state index contributed by atoms with van der Waals surface area (Å²) in [6.07, 6.45) is 4.30. The Morgan fingerprint density at radius 2 is 2.04 bits per heavy atom. The van der Waals surface area contributed by atoms with Crippen LogP contribution in [0.5, 0.6) is 0 Å². The zero-order valence-electron chi connectivity index (χ0n) is 13.0. The summed E-state index contributed by atoms with van der Waals surface area (Å²) in [6, 6.07) is 9.65. The molecular weight excluding hydrogens is 326 g/mol. The fraction of sp³-hybridized carbons (Fsp3) is 0.267. The van der Waals surface area contributed by atoms with Gasteiger partial charge in [0.1, 0.15) is 0 Å². The largest absolute Gasteiger partial charge is 0.308 e. The van der Waals surface area contributed by atoms with E-state index in [-0.39, 0.29) is 11.2 Å². The molecule has 8 nitrogen and oxygen atoms in total. The van der Waals surface area contributed by atoms with Crippen LogP contribution in [-0.2, 0) is 11.8 Å². The Balaban J connectivity index is 1.53. The third-order valence-electron chi connectivity index (χ3n) is 3.85. The van der Waals surface area contributed by atoms with Crippen molar-refractivity contribution in [1.82, 2.24) is 30.0 Å². The average Bonchev–Trinajstić information content (AvgIpc) is 3.31. The number of para-hydroxylation sites is 1. The summed E-state index contributed by atoms with van der Waals surface area (Å²) in [5.74, 6) is 0.0654. The molecule has 1 fully saturated rings. The number of aryl methyl sites for hydroxylation is 1. The quantitative estimate of drug-likeness (QED) is 0.711. The van der Waals surface area contributed by atoms with Crippen molar-refractivity contribution >= 4 is 23.4 Å². The highest BCUT2D eigenvalue weighted by Crippen LogP contribution is 2.32. The first-order valence-electron chi connectivity index (χ1n) is 7.53. The average molecular weight is 341 g/mol. The van der Waals surface area contributed by atoms with E-state index < -0.39 is 0 Å². The number of hydrogen-bond donors (Lipinski definition) is 0. The standard InChI is InChI=1S/C15H15N7OS/c1-20-10-12(9-16-20)21-8-7-13(14(21)23)24-15-17-18-19-22(15)11-5-3-2-4-6-11/h2-6,9-10,13H,7-8H2,1H3. The molecule has 0 radical (unpaired) electrons. The minimum Gasteiger partial charge on any atom is -0.308 e. The van der Waals surface area contributed by atoms with Crippen LogP contribution >= 0.6 is 11.8 Å². The topological polar surface area (TPSA) is 81.7 Å². The maximum absolute atomic E-state index is 12.7. The first kappa shape index (κ1) is 14.9. The minimum atomic E-state index is -0.196. The zero-order valence-corrected chi connectivity index (χ0v) is 13.8. The number of rotatable bonds is 4. The summed E-state index contributed by atoms with van der Waals surface area (Å²) in [7, 11) is 1.84. The molecule has 1 aliphatic heterocycles. The van der Waals surface area contributed by atoms with Crippen LogP contribution in [0.1, 0.15) is 6.42 Å². The Labute approximate surface area is 142 Å². The van der Waals surface area contributed by atoms with E-state index in [1.54, 1.807) is 20.5 Å². The van der Waals surface area contributed by atoms with Gasteiger partial charge >= 0.3 is 0 Å². The lowest BCUT2D eigenvalue weighted by molar-refractivity contribution is -0.116. The number of aromatic nitrogens is 6. The van der Waals surface area contributed by atoms with Crippen LogP contribution in [0.3, 0.4) is 0 Å². The molecule has 1 amide bonds. The number of tetrazole rings is 1. The van der Waals surface area contributed by atoms with Gasteiger partial charge in [-0.1, -0.05) is 30.0 Å². The molecule has 1 aromatic carbocycles. The molecule has 1 atom stereocenters. The van der Waals surface area contributed by atoms with E-state index in [4.69, 9.17) is 0 Å². The van der Waals surface area contributed by atoms with Gasteiger partial charge in [0.25, 0.3) is 0 Å². The highest BCUT2D eigenvalue weighted by atomic mass is 32.2. The number of anilines is 1. The van der Waals surface area contributed by atoms with E-state index in [0.717, 1.165) is 17.8 Å². The molecule has 0 bridgehead atoms. The SMILES string of the molecule is Cn1cc(N2CCC(Sc3nnnn3-c3ccccc3)C2=O)cn1. The Bertz CT molecular complexity index is 860. The van der Waals surface area contributed by atoms with Crippen molar-refractivity contribution in [3.05, 3.63) is 42.7 Å². The second-order valence-electron chi connectivity index (χ2n) is 5.47. The summed E-state index contributed by atoms with van der Waals surface area (Å²) in [6.45, 7) is 0.676. The van der Waals surface area contributed by atoms with E-state index in [0.29, 0.717) is 11.7 Å². The van der Waals surface area contributed by atoms with Gasteiger partial charge in [-0.3, -0.25) is 9.48 Å². The molecule has 2 aromatic heterocycles. The zero-order chi connectivity index (χ0) is 16.5. The minimum absolute atomic E-state index is 0.0654. The van der Waals surface area contributed by atoms with Crippen LogP contribution in [0.4, 0.5) is 5.69 Å². The lowest BCUT2D eigenvalue weighted by Crippen LogP contribution is -2.27. The molecular formula is C15H15N7OS. The highest BCUT2D eigenvalue weighted by molar-refractivity contribution is 8.00. The van der Waals surface area contributed by atoms with Crippen molar-refractivity contribution in [2.75, 3.05) is 11.4 Å². The molecule has 1 saturated heterocycles. The fourth-order valence-corrected chi connectivity index (χ4v) is 3.71. The molecule has 1 aliphatic rings. The smallest absolute Gasteiger partial charge is 0.240 e. The highest BCUT2D eigenvalue weighted by Gasteiger charge is 2.35. The van der Waals surface area contributed by atoms with Crippen molar-refractivity contribution in [1.29, 1.82) is 0 Å². The molecule has 122 valence electrons. The van der Waals surface area contributed by atoms with Crippen LogP contribution in [0, 0.1) is 0 Å². The van der Waals surface area contributed by atoms with Gasteiger partial charge in [-0.05, 0) is 29.0 Å². The molecule has 1 unspecified atom stereocenters. The van der Waals surface area contributed by atoms with Crippen molar-refractivity contribution in [2.24, 2.45) is 7.05 Å². The molecule has 4 rings (SSSR count). The third kappa shape index (κ3) is 2.67. The number of carbonyl (C=O) groups is 1. The summed E-state index contributed by atoms with van der Waals surface area (Å²) in [5, 5.41) is 16.4. The predicted octanol–water partition coefficient (Wildman–Crippen LogP) is 1.29. The molecule has 0 aliphatic carbocycles. The number of amides is 1. The van der Waals surface area contributed by atoms with Gasteiger partial charge in [0.05, 0.1) is 22.8 Å². The van der Waals surface area contributed by atoms with Gasteiger partial charge in [0, 0.05) is 19.8 Å². The van der Waals surface area contributed by atoms with Crippen LogP contribution in [0.2, 0.25) is 0 Å². The second-order valence-corrected chi connectivity index (χ2v) is 6.64. The Kier molecular flexibility index (Phi) is 3.77. The monoisotopic (exact) mass is 341 g/mol. The normalized spacial score (nSPS) is 17.6. The van der Waals surface area contributed by atoms with E-state index in [2.05, 4.69) is 20.6 Å². The first-order chi connectivity index (χ1) is 11.7. The van der Waals surface area contributed by atoms with Gasteiger partial charge in [0.15, 0.2) is 0 Å². The Morgan fingerprint density at radius 1 is 1.21 bits per heavy atom. The van der Waals surface area contributed by atoms with Crippen LogP contribution in [-0.4, -0.2) is 47.7 Å². The second kappa shape index (κ2) is 6.08. The van der Waals surface area contributed by atoms with E-state index in [1.807, 2.05) is 43.6 Å². The molecule has 9 heteroatoms. The van der Waals surface area contributed by atoms with Crippen LogP contribution in [0.15, 0.2) is 47.9 Å². The Morgan fingerprint density at radius 3 is 2.79 bits per heavy atom. The Hall–Kier alpha value is -2.68. The van der Waals surface area contributed by atoms with Gasteiger partial charge in [0.2, 0.25) is 11.1 Å². The number of hydrogen-bond acceptors (Lipinski definition) is 6. The van der Waals surface area contributed by atoms with Crippen molar-refractivity contribution in [3.63, 3.8) is 0 Å². The molecule has 3 aromatic rings. The van der Waals surface area contributed by atoms with Gasteiger partial charge in [-0.15, -0.1) is 5.10 Å². The molecule has 0 saturated carbocycles. The first-order valence-corrected chi connectivity index (χ1v) is 8.41. The lowest BCUT2D eigenvalue weighted by atomic mass is 10.3. The van der Waals surface area contributed by atoms with Gasteiger partial charge in [-0.2, -0.15) is 9.78 Å². The maximum atomic E-state index is 12.7. The summed E-state index contributed by atoms with van der Waals surface area (Å²) >= 11 is 1.40. The maximum Gasteiger partial charge on any atom is 0.240 e. The van der Waals surface area contributed by atoms with E-state index in [9.17, 15) is 4.79 Å². The van der Waals surface area contributed by atoms with Crippen molar-refractivity contribution in [3.8, 4) is 5.69 Å². The molecule has 0 N–H and O–H groups in total. The van der Waals surface area contributed by atoms with Gasteiger partial charge < -0.3 is 4.90 Å².